The molecule has 1 amide bonds. The van der Waals surface area contributed by atoms with Crippen molar-refractivity contribution in [2.75, 3.05) is 33.4 Å². The van der Waals surface area contributed by atoms with Crippen LogP contribution in [-0.4, -0.2) is 50.2 Å². The van der Waals surface area contributed by atoms with Crippen molar-refractivity contribution in [3.8, 4) is 0 Å². The summed E-state index contributed by atoms with van der Waals surface area (Å²) in [4.78, 5) is 13.9. The van der Waals surface area contributed by atoms with E-state index >= 15 is 0 Å². The zero-order valence-corrected chi connectivity index (χ0v) is 10.7. The van der Waals surface area contributed by atoms with Gasteiger partial charge in [0, 0.05) is 26.2 Å². The molecule has 0 spiro atoms. The molecule has 0 aromatic heterocycles. The molecule has 1 heterocycles. The van der Waals surface area contributed by atoms with Crippen LogP contribution < -0.4 is 5.32 Å². The van der Waals surface area contributed by atoms with Gasteiger partial charge in [-0.05, 0) is 18.9 Å². The van der Waals surface area contributed by atoms with E-state index in [1.807, 2.05) is 4.90 Å². The number of carbonyl (C=O) groups excluding carboxylic acids is 1. The zero-order valence-electron chi connectivity index (χ0n) is 10.7. The van der Waals surface area contributed by atoms with Gasteiger partial charge in [-0.15, -0.1) is 0 Å². The maximum absolute atomic E-state index is 11.9. The van der Waals surface area contributed by atoms with E-state index in [1.54, 1.807) is 7.11 Å². The summed E-state index contributed by atoms with van der Waals surface area (Å²) >= 11 is 0. The van der Waals surface area contributed by atoms with Gasteiger partial charge in [-0.25, -0.2) is 0 Å². The van der Waals surface area contributed by atoms with Crippen molar-refractivity contribution < 1.29 is 9.53 Å². The number of carbonyl (C=O) groups is 1. The van der Waals surface area contributed by atoms with Gasteiger partial charge in [-0.3, -0.25) is 4.79 Å². The molecular weight excluding hydrogens is 204 g/mol. The summed E-state index contributed by atoms with van der Waals surface area (Å²) in [7, 11) is 1.63. The van der Waals surface area contributed by atoms with E-state index in [0.29, 0.717) is 25.0 Å². The summed E-state index contributed by atoms with van der Waals surface area (Å²) < 4.78 is 4.95. The van der Waals surface area contributed by atoms with Crippen molar-refractivity contribution in [1.82, 2.24) is 10.2 Å². The Hall–Kier alpha value is -0.610. The van der Waals surface area contributed by atoms with Crippen molar-refractivity contribution in [1.29, 1.82) is 0 Å². The molecule has 1 rings (SSSR count). The highest BCUT2D eigenvalue weighted by molar-refractivity contribution is 5.76. The Balaban J connectivity index is 2.47. The molecule has 0 saturated carbocycles. The van der Waals surface area contributed by atoms with Crippen LogP contribution in [0, 0.1) is 5.92 Å². The number of hydrogen-bond donors (Lipinski definition) is 1. The van der Waals surface area contributed by atoms with Crippen molar-refractivity contribution in [2.45, 2.75) is 32.7 Å². The number of nitrogens with one attached hydrogen (secondary N) is 1. The number of amides is 1. The van der Waals surface area contributed by atoms with Crippen LogP contribution in [0.25, 0.3) is 0 Å². The maximum atomic E-state index is 11.9. The monoisotopic (exact) mass is 228 g/mol. The van der Waals surface area contributed by atoms with Crippen molar-refractivity contribution in [3.63, 3.8) is 0 Å². The fourth-order valence-corrected chi connectivity index (χ4v) is 1.97. The molecule has 0 bridgehead atoms. The van der Waals surface area contributed by atoms with Gasteiger partial charge in [-0.1, -0.05) is 13.8 Å². The highest BCUT2D eigenvalue weighted by Gasteiger charge is 2.22. The molecule has 0 aliphatic carbocycles. The van der Waals surface area contributed by atoms with Gasteiger partial charge in [0.2, 0.25) is 5.91 Å². The number of hydrogen-bond acceptors (Lipinski definition) is 3. The molecule has 1 fully saturated rings. The molecule has 1 unspecified atom stereocenters. The molecule has 0 radical (unpaired) electrons. The Labute approximate surface area is 98.3 Å². The Kier molecular flexibility index (Phi) is 5.77. The predicted octanol–water partition coefficient (Wildman–Crippen LogP) is 0.869. The van der Waals surface area contributed by atoms with E-state index in [2.05, 4.69) is 19.2 Å². The second kappa shape index (κ2) is 6.86. The Bertz CT molecular complexity index is 219. The molecule has 4 heteroatoms. The van der Waals surface area contributed by atoms with Crippen LogP contribution in [0.1, 0.15) is 26.7 Å². The first kappa shape index (κ1) is 13.5. The number of rotatable bonds is 4. The van der Waals surface area contributed by atoms with Crippen LogP contribution in [-0.2, 0) is 9.53 Å². The second-order valence-electron chi connectivity index (χ2n) is 4.74. The Morgan fingerprint density at radius 3 is 2.94 bits per heavy atom. The number of methoxy groups -OCH3 is 1. The molecule has 16 heavy (non-hydrogen) atoms. The third-order valence-corrected chi connectivity index (χ3v) is 3.11. The minimum atomic E-state index is 0.219. The van der Waals surface area contributed by atoms with Crippen molar-refractivity contribution >= 4 is 5.91 Å². The third kappa shape index (κ3) is 4.10. The standard InChI is InChI=1S/C12H24N2O2/c1-10(2)11-9-14(7-4-6-13-11)12(15)5-8-16-3/h10-11,13H,4-9H2,1-3H3. The minimum Gasteiger partial charge on any atom is -0.384 e. The van der Waals surface area contributed by atoms with Crippen LogP contribution >= 0.6 is 0 Å². The first-order valence-electron chi connectivity index (χ1n) is 6.15. The lowest BCUT2D eigenvalue weighted by molar-refractivity contribution is -0.132. The lowest BCUT2D eigenvalue weighted by Gasteiger charge is -2.26. The van der Waals surface area contributed by atoms with Crippen LogP contribution in [0.5, 0.6) is 0 Å². The highest BCUT2D eigenvalue weighted by Crippen LogP contribution is 2.09. The summed E-state index contributed by atoms with van der Waals surface area (Å²) in [5.74, 6) is 0.784. The lowest BCUT2D eigenvalue weighted by Crippen LogP contribution is -2.43. The van der Waals surface area contributed by atoms with E-state index in [0.717, 1.165) is 26.1 Å². The quantitative estimate of drug-likeness (QED) is 0.776. The topological polar surface area (TPSA) is 41.6 Å². The fourth-order valence-electron chi connectivity index (χ4n) is 1.97. The van der Waals surface area contributed by atoms with E-state index in [1.165, 1.54) is 0 Å². The van der Waals surface area contributed by atoms with Gasteiger partial charge >= 0.3 is 0 Å². The average Bonchev–Trinajstić information content (AvgIpc) is 2.51. The molecule has 1 saturated heterocycles. The molecule has 0 aromatic rings. The summed E-state index contributed by atoms with van der Waals surface area (Å²) in [5, 5.41) is 3.50. The normalized spacial score (nSPS) is 22.2. The van der Waals surface area contributed by atoms with E-state index < -0.39 is 0 Å². The summed E-state index contributed by atoms with van der Waals surface area (Å²) in [6.45, 7) is 7.63. The largest absolute Gasteiger partial charge is 0.384 e. The average molecular weight is 228 g/mol. The van der Waals surface area contributed by atoms with Crippen LogP contribution in [0.3, 0.4) is 0 Å². The maximum Gasteiger partial charge on any atom is 0.224 e. The molecular formula is C12H24N2O2. The van der Waals surface area contributed by atoms with Crippen LogP contribution in [0.15, 0.2) is 0 Å². The van der Waals surface area contributed by atoms with E-state index in [4.69, 9.17) is 4.74 Å². The van der Waals surface area contributed by atoms with Gasteiger partial charge in [0.15, 0.2) is 0 Å². The van der Waals surface area contributed by atoms with Gasteiger partial charge in [0.05, 0.1) is 13.0 Å². The number of ether oxygens (including phenoxy) is 1. The van der Waals surface area contributed by atoms with E-state index in [9.17, 15) is 4.79 Å². The Morgan fingerprint density at radius 2 is 2.31 bits per heavy atom. The number of nitrogens with zero attached hydrogens (tertiary/aromatic N) is 1. The third-order valence-electron chi connectivity index (χ3n) is 3.11. The fraction of sp³-hybridized carbons (Fsp3) is 0.917. The zero-order chi connectivity index (χ0) is 12.0. The molecule has 1 aliphatic rings. The summed E-state index contributed by atoms with van der Waals surface area (Å²) in [6, 6.07) is 0.425. The van der Waals surface area contributed by atoms with Gasteiger partial charge in [0.1, 0.15) is 0 Å². The van der Waals surface area contributed by atoms with Gasteiger partial charge in [0.25, 0.3) is 0 Å². The highest BCUT2D eigenvalue weighted by atomic mass is 16.5. The van der Waals surface area contributed by atoms with Crippen LogP contribution in [0.2, 0.25) is 0 Å². The van der Waals surface area contributed by atoms with Crippen molar-refractivity contribution in [2.24, 2.45) is 5.92 Å². The van der Waals surface area contributed by atoms with Gasteiger partial charge in [-0.2, -0.15) is 0 Å². The molecule has 1 N–H and O–H groups in total. The SMILES string of the molecule is COCCC(=O)N1CCCNC(C(C)C)C1. The molecule has 94 valence electrons. The van der Waals surface area contributed by atoms with E-state index in [-0.39, 0.29) is 5.91 Å². The Morgan fingerprint density at radius 1 is 1.56 bits per heavy atom. The first-order valence-corrected chi connectivity index (χ1v) is 6.15. The lowest BCUT2D eigenvalue weighted by atomic mass is 10.0. The summed E-state index contributed by atoms with van der Waals surface area (Å²) in [6.07, 6.45) is 1.54. The second-order valence-corrected chi connectivity index (χ2v) is 4.74. The molecule has 1 atom stereocenters. The van der Waals surface area contributed by atoms with Crippen molar-refractivity contribution in [3.05, 3.63) is 0 Å². The summed E-state index contributed by atoms with van der Waals surface area (Å²) in [5.41, 5.74) is 0. The molecule has 1 aliphatic heterocycles. The van der Waals surface area contributed by atoms with Gasteiger partial charge < -0.3 is 15.0 Å². The first-order chi connectivity index (χ1) is 7.65. The molecule has 4 nitrogen and oxygen atoms in total. The molecule has 0 aromatic carbocycles. The minimum absolute atomic E-state index is 0.219. The van der Waals surface area contributed by atoms with Crippen LogP contribution in [0.4, 0.5) is 0 Å². The smallest absolute Gasteiger partial charge is 0.224 e. The predicted molar refractivity (Wildman–Crippen MR) is 64.3 cm³/mol.